The van der Waals surface area contributed by atoms with Crippen molar-refractivity contribution in [2.45, 2.75) is 64.8 Å². The zero-order valence-electron chi connectivity index (χ0n) is 12.3. The van der Waals surface area contributed by atoms with E-state index in [-0.39, 0.29) is 0 Å². The van der Waals surface area contributed by atoms with Gasteiger partial charge in [-0.05, 0) is 30.7 Å². The molecule has 0 aliphatic carbocycles. The zero-order valence-corrected chi connectivity index (χ0v) is 13.0. The van der Waals surface area contributed by atoms with Crippen LogP contribution in [0.1, 0.15) is 63.9 Å². The quantitative estimate of drug-likeness (QED) is 0.523. The van der Waals surface area contributed by atoms with E-state index in [2.05, 4.69) is 18.3 Å². The first kappa shape index (κ1) is 16.5. The number of nitrogens with one attached hydrogen (secondary N) is 1. The molecular formula is C17H28ClN. The maximum absolute atomic E-state index is 5.95. The van der Waals surface area contributed by atoms with Gasteiger partial charge in [0.1, 0.15) is 0 Å². The van der Waals surface area contributed by atoms with Crippen LogP contribution in [0.3, 0.4) is 0 Å². The van der Waals surface area contributed by atoms with Crippen LogP contribution in [0.4, 0.5) is 0 Å². The van der Waals surface area contributed by atoms with Crippen LogP contribution in [0.25, 0.3) is 0 Å². The third-order valence-corrected chi connectivity index (χ3v) is 3.66. The fourth-order valence-electron chi connectivity index (χ4n) is 2.26. The minimum Gasteiger partial charge on any atom is -0.313 e. The van der Waals surface area contributed by atoms with Crippen LogP contribution in [-0.4, -0.2) is 6.54 Å². The van der Waals surface area contributed by atoms with E-state index in [4.69, 9.17) is 11.6 Å². The molecule has 0 aliphatic heterocycles. The van der Waals surface area contributed by atoms with Crippen molar-refractivity contribution in [3.8, 4) is 0 Å². The molecule has 0 radical (unpaired) electrons. The fourth-order valence-corrected chi connectivity index (χ4v) is 2.48. The minimum absolute atomic E-state index is 0.825. The van der Waals surface area contributed by atoms with Gasteiger partial charge in [0.2, 0.25) is 0 Å². The van der Waals surface area contributed by atoms with E-state index < -0.39 is 0 Å². The maximum Gasteiger partial charge on any atom is 0.0409 e. The Bertz CT molecular complexity index is 325. The Hall–Kier alpha value is -0.530. The average Bonchev–Trinajstić information content (AvgIpc) is 2.41. The molecule has 108 valence electrons. The molecule has 19 heavy (non-hydrogen) atoms. The van der Waals surface area contributed by atoms with Crippen molar-refractivity contribution in [2.24, 2.45) is 0 Å². The van der Waals surface area contributed by atoms with Gasteiger partial charge in [-0.25, -0.2) is 0 Å². The molecule has 2 heteroatoms. The second kappa shape index (κ2) is 11.3. The lowest BCUT2D eigenvalue weighted by Crippen LogP contribution is -2.14. The maximum atomic E-state index is 5.95. The molecule has 0 heterocycles. The van der Waals surface area contributed by atoms with Gasteiger partial charge in [-0.2, -0.15) is 0 Å². The second-order valence-corrected chi connectivity index (χ2v) is 5.72. The third kappa shape index (κ3) is 9.07. The summed E-state index contributed by atoms with van der Waals surface area (Å²) in [5.41, 5.74) is 1.27. The van der Waals surface area contributed by atoms with Gasteiger partial charge < -0.3 is 5.32 Å². The molecule has 0 saturated heterocycles. The van der Waals surface area contributed by atoms with Gasteiger partial charge in [0, 0.05) is 11.6 Å². The lowest BCUT2D eigenvalue weighted by atomic mass is 10.1. The van der Waals surface area contributed by atoms with Crippen molar-refractivity contribution in [3.05, 3.63) is 34.9 Å². The normalized spacial score (nSPS) is 10.8. The van der Waals surface area contributed by atoms with Crippen LogP contribution in [-0.2, 0) is 6.54 Å². The summed E-state index contributed by atoms with van der Waals surface area (Å²) >= 11 is 5.95. The Kier molecular flexibility index (Phi) is 9.84. The first-order valence-corrected chi connectivity index (χ1v) is 8.16. The Morgan fingerprint density at radius 1 is 0.947 bits per heavy atom. The monoisotopic (exact) mass is 281 g/mol. The minimum atomic E-state index is 0.825. The summed E-state index contributed by atoms with van der Waals surface area (Å²) in [6.45, 7) is 4.31. The summed E-state index contributed by atoms with van der Waals surface area (Å²) in [5, 5.41) is 4.31. The summed E-state index contributed by atoms with van der Waals surface area (Å²) in [6, 6.07) is 8.08. The highest BCUT2D eigenvalue weighted by Crippen LogP contribution is 2.10. The number of halogens is 1. The molecule has 0 aromatic heterocycles. The molecule has 0 aliphatic rings. The van der Waals surface area contributed by atoms with Gasteiger partial charge in [0.25, 0.3) is 0 Å². The van der Waals surface area contributed by atoms with Crippen LogP contribution in [0.2, 0.25) is 5.02 Å². The molecule has 0 atom stereocenters. The van der Waals surface area contributed by atoms with Crippen molar-refractivity contribution in [2.75, 3.05) is 6.54 Å². The van der Waals surface area contributed by atoms with Gasteiger partial charge in [-0.15, -0.1) is 0 Å². The molecule has 1 aromatic carbocycles. The predicted molar refractivity (Wildman–Crippen MR) is 85.8 cm³/mol. The molecule has 1 N–H and O–H groups in total. The lowest BCUT2D eigenvalue weighted by molar-refractivity contribution is 0.555. The van der Waals surface area contributed by atoms with E-state index >= 15 is 0 Å². The van der Waals surface area contributed by atoms with E-state index in [1.165, 1.54) is 56.9 Å². The van der Waals surface area contributed by atoms with Gasteiger partial charge >= 0.3 is 0 Å². The smallest absolute Gasteiger partial charge is 0.0409 e. The van der Waals surface area contributed by atoms with Crippen LogP contribution < -0.4 is 5.32 Å². The summed E-state index contributed by atoms with van der Waals surface area (Å²) < 4.78 is 0. The van der Waals surface area contributed by atoms with Gasteiger partial charge in [-0.3, -0.25) is 0 Å². The van der Waals surface area contributed by atoms with E-state index in [0.717, 1.165) is 18.1 Å². The van der Waals surface area contributed by atoms with Crippen molar-refractivity contribution in [1.82, 2.24) is 5.32 Å². The van der Waals surface area contributed by atoms with Crippen molar-refractivity contribution >= 4 is 11.6 Å². The summed E-state index contributed by atoms with van der Waals surface area (Å²) in [5.74, 6) is 0. The van der Waals surface area contributed by atoms with Crippen LogP contribution >= 0.6 is 11.6 Å². The second-order valence-electron chi connectivity index (χ2n) is 5.28. The average molecular weight is 282 g/mol. The summed E-state index contributed by atoms with van der Waals surface area (Å²) in [4.78, 5) is 0. The highest BCUT2D eigenvalue weighted by molar-refractivity contribution is 6.30. The molecule has 1 nitrogen and oxygen atoms in total. The van der Waals surface area contributed by atoms with Gasteiger partial charge in [-0.1, -0.05) is 75.6 Å². The number of unbranched alkanes of at least 4 members (excludes halogenated alkanes) is 7. The number of hydrogen-bond donors (Lipinski definition) is 1. The Labute approximate surface area is 123 Å². The van der Waals surface area contributed by atoms with E-state index in [1.807, 2.05) is 18.2 Å². The molecule has 1 aromatic rings. The van der Waals surface area contributed by atoms with E-state index in [9.17, 15) is 0 Å². The molecule has 0 fully saturated rings. The Morgan fingerprint density at radius 2 is 1.63 bits per heavy atom. The molecule has 0 spiro atoms. The Morgan fingerprint density at radius 3 is 2.32 bits per heavy atom. The molecule has 0 bridgehead atoms. The van der Waals surface area contributed by atoms with E-state index in [1.54, 1.807) is 0 Å². The third-order valence-electron chi connectivity index (χ3n) is 3.43. The predicted octanol–water partition coefficient (Wildman–Crippen LogP) is 5.57. The Balaban J connectivity index is 1.89. The molecule has 0 unspecified atom stereocenters. The molecule has 0 amide bonds. The number of hydrogen-bond acceptors (Lipinski definition) is 1. The van der Waals surface area contributed by atoms with Crippen molar-refractivity contribution < 1.29 is 0 Å². The number of rotatable bonds is 11. The van der Waals surface area contributed by atoms with Gasteiger partial charge in [0.15, 0.2) is 0 Å². The highest BCUT2D eigenvalue weighted by Gasteiger charge is 1.94. The fraction of sp³-hybridized carbons (Fsp3) is 0.647. The molecule has 1 rings (SSSR count). The van der Waals surface area contributed by atoms with Crippen LogP contribution in [0, 0.1) is 0 Å². The van der Waals surface area contributed by atoms with Crippen molar-refractivity contribution in [1.29, 1.82) is 0 Å². The molecular weight excluding hydrogens is 254 g/mol. The molecule has 0 saturated carbocycles. The van der Waals surface area contributed by atoms with Gasteiger partial charge in [0.05, 0.1) is 0 Å². The van der Waals surface area contributed by atoms with Crippen LogP contribution in [0.15, 0.2) is 24.3 Å². The SMILES string of the molecule is CCCCCCCCCCNCc1cccc(Cl)c1. The zero-order chi connectivity index (χ0) is 13.8. The van der Waals surface area contributed by atoms with E-state index in [0.29, 0.717) is 0 Å². The number of benzene rings is 1. The summed E-state index contributed by atoms with van der Waals surface area (Å²) in [6.07, 6.45) is 11.0. The van der Waals surface area contributed by atoms with Crippen LogP contribution in [0.5, 0.6) is 0 Å². The first-order chi connectivity index (χ1) is 9.33. The lowest BCUT2D eigenvalue weighted by Gasteiger charge is -2.05. The first-order valence-electron chi connectivity index (χ1n) is 7.78. The topological polar surface area (TPSA) is 12.0 Å². The van der Waals surface area contributed by atoms with Crippen molar-refractivity contribution in [3.63, 3.8) is 0 Å². The summed E-state index contributed by atoms with van der Waals surface area (Å²) in [7, 11) is 0. The standard InChI is InChI=1S/C17H28ClN/c1-2-3-4-5-6-7-8-9-13-19-15-16-11-10-12-17(18)14-16/h10-12,14,19H,2-9,13,15H2,1H3. The highest BCUT2D eigenvalue weighted by atomic mass is 35.5. The largest absolute Gasteiger partial charge is 0.313 e.